The van der Waals surface area contributed by atoms with Crippen molar-refractivity contribution in [3.8, 4) is 11.5 Å². The van der Waals surface area contributed by atoms with Crippen LogP contribution in [0, 0.1) is 17.6 Å². The van der Waals surface area contributed by atoms with Crippen LogP contribution in [0.2, 0.25) is 0 Å². The summed E-state index contributed by atoms with van der Waals surface area (Å²) >= 11 is 0. The minimum absolute atomic E-state index is 0.0337. The van der Waals surface area contributed by atoms with Gasteiger partial charge in [-0.1, -0.05) is 18.2 Å². The first kappa shape index (κ1) is 15.3. The Kier molecular flexibility index (Phi) is 4.14. The zero-order chi connectivity index (χ0) is 16.4. The Morgan fingerprint density at radius 3 is 2.83 bits per heavy atom. The van der Waals surface area contributed by atoms with E-state index in [2.05, 4.69) is 0 Å². The monoisotopic (exact) mass is 319 g/mol. The number of rotatable bonds is 4. The van der Waals surface area contributed by atoms with E-state index in [1.807, 2.05) is 24.3 Å². The van der Waals surface area contributed by atoms with E-state index < -0.39 is 23.1 Å². The van der Waals surface area contributed by atoms with E-state index in [1.165, 1.54) is 0 Å². The first-order valence-electron chi connectivity index (χ1n) is 7.17. The van der Waals surface area contributed by atoms with Crippen molar-refractivity contribution < 1.29 is 23.0 Å². The van der Waals surface area contributed by atoms with Gasteiger partial charge < -0.3 is 15.2 Å². The lowest BCUT2D eigenvalue weighted by Gasteiger charge is -2.25. The number of fused-ring (bicyclic) bond motifs is 1. The molecule has 1 unspecified atom stereocenters. The number of primary amides is 1. The lowest BCUT2D eigenvalue weighted by Crippen LogP contribution is -2.26. The molecule has 23 heavy (non-hydrogen) atoms. The number of carbonyl (C=O) groups excluding carboxylic acids is 1. The molecule has 0 aliphatic carbocycles. The number of halogens is 2. The molecule has 0 saturated heterocycles. The molecule has 2 N–H and O–H groups in total. The van der Waals surface area contributed by atoms with Crippen molar-refractivity contribution in [2.24, 2.45) is 11.7 Å². The highest BCUT2D eigenvalue weighted by Gasteiger charge is 2.23. The molecule has 120 valence electrons. The van der Waals surface area contributed by atoms with Gasteiger partial charge in [0.05, 0.1) is 13.2 Å². The van der Waals surface area contributed by atoms with Crippen LogP contribution in [0.15, 0.2) is 36.4 Å². The predicted octanol–water partition coefficient (Wildman–Crippen LogP) is 2.69. The van der Waals surface area contributed by atoms with Crippen LogP contribution in [0.3, 0.4) is 0 Å². The highest BCUT2D eigenvalue weighted by atomic mass is 19.1. The maximum atomic E-state index is 14.1. The van der Waals surface area contributed by atoms with Gasteiger partial charge in [-0.15, -0.1) is 0 Å². The van der Waals surface area contributed by atoms with Gasteiger partial charge in [0.1, 0.15) is 17.1 Å². The number of hydrogen-bond donors (Lipinski definition) is 1. The number of nitrogens with two attached hydrogens (primary N) is 1. The lowest BCUT2D eigenvalue weighted by atomic mass is 9.97. The number of carbonyl (C=O) groups is 1. The molecule has 1 aliphatic heterocycles. The molecule has 0 radical (unpaired) electrons. The zero-order valence-corrected chi connectivity index (χ0v) is 12.2. The maximum Gasteiger partial charge on any atom is 0.254 e. The van der Waals surface area contributed by atoms with Gasteiger partial charge in [0.25, 0.3) is 5.91 Å². The van der Waals surface area contributed by atoms with Gasteiger partial charge in [0, 0.05) is 5.92 Å². The van der Waals surface area contributed by atoms with Crippen LogP contribution in [0.25, 0.3) is 0 Å². The van der Waals surface area contributed by atoms with Crippen LogP contribution in [-0.4, -0.2) is 19.1 Å². The third kappa shape index (κ3) is 3.11. The summed E-state index contributed by atoms with van der Waals surface area (Å²) in [5.41, 5.74) is 5.26. The van der Waals surface area contributed by atoms with E-state index in [4.69, 9.17) is 15.2 Å². The van der Waals surface area contributed by atoms with Crippen molar-refractivity contribution in [2.75, 3.05) is 13.2 Å². The van der Waals surface area contributed by atoms with Crippen molar-refractivity contribution in [1.82, 2.24) is 0 Å². The number of hydrogen-bond acceptors (Lipinski definition) is 3. The molecule has 3 rings (SSSR count). The van der Waals surface area contributed by atoms with Gasteiger partial charge in [-0.25, -0.2) is 8.78 Å². The summed E-state index contributed by atoms with van der Waals surface area (Å²) in [6.07, 6.45) is 0.738. The van der Waals surface area contributed by atoms with Gasteiger partial charge in [-0.05, 0) is 30.2 Å². The van der Waals surface area contributed by atoms with E-state index in [0.717, 1.165) is 29.9 Å². The second-order valence-electron chi connectivity index (χ2n) is 5.40. The molecule has 1 aliphatic rings. The molecule has 0 spiro atoms. The highest BCUT2D eigenvalue weighted by molar-refractivity contribution is 5.93. The van der Waals surface area contributed by atoms with Gasteiger partial charge in [0.15, 0.2) is 11.6 Å². The fourth-order valence-corrected chi connectivity index (χ4v) is 2.58. The molecule has 0 fully saturated rings. The van der Waals surface area contributed by atoms with Crippen LogP contribution in [0.1, 0.15) is 15.9 Å². The third-order valence-corrected chi connectivity index (χ3v) is 3.73. The largest absolute Gasteiger partial charge is 0.493 e. The van der Waals surface area contributed by atoms with Gasteiger partial charge >= 0.3 is 0 Å². The smallest absolute Gasteiger partial charge is 0.254 e. The minimum Gasteiger partial charge on any atom is -0.493 e. The Morgan fingerprint density at radius 2 is 2.04 bits per heavy atom. The van der Waals surface area contributed by atoms with Crippen molar-refractivity contribution in [1.29, 1.82) is 0 Å². The summed E-state index contributed by atoms with van der Waals surface area (Å²) in [7, 11) is 0. The molecule has 0 aromatic heterocycles. The lowest BCUT2D eigenvalue weighted by molar-refractivity contribution is 0.0990. The van der Waals surface area contributed by atoms with Gasteiger partial charge in [-0.2, -0.15) is 0 Å². The summed E-state index contributed by atoms with van der Waals surface area (Å²) < 4.78 is 38.5. The number of amides is 1. The average molecular weight is 319 g/mol. The molecule has 0 bridgehead atoms. The second-order valence-corrected chi connectivity index (χ2v) is 5.40. The highest BCUT2D eigenvalue weighted by Crippen LogP contribution is 2.28. The van der Waals surface area contributed by atoms with E-state index >= 15 is 0 Å². The Balaban J connectivity index is 1.70. The molecular weight excluding hydrogens is 304 g/mol. The first-order chi connectivity index (χ1) is 11.1. The van der Waals surface area contributed by atoms with Crippen LogP contribution < -0.4 is 15.2 Å². The maximum absolute atomic E-state index is 14.1. The molecule has 6 heteroatoms. The fourth-order valence-electron chi connectivity index (χ4n) is 2.58. The summed E-state index contributed by atoms with van der Waals surface area (Å²) in [6.45, 7) is 0.637. The summed E-state index contributed by atoms with van der Waals surface area (Å²) in [4.78, 5) is 11.1. The average Bonchev–Trinajstić information content (AvgIpc) is 2.53. The molecule has 2 aromatic rings. The fraction of sp³-hybridized carbons (Fsp3) is 0.235. The number of benzene rings is 2. The van der Waals surface area contributed by atoms with E-state index in [9.17, 15) is 13.6 Å². The molecule has 0 saturated carbocycles. The zero-order valence-electron chi connectivity index (χ0n) is 12.2. The molecule has 1 amide bonds. The summed E-state index contributed by atoms with van der Waals surface area (Å²) in [5.74, 6) is -2.56. The van der Waals surface area contributed by atoms with Crippen LogP contribution in [0.4, 0.5) is 8.78 Å². The molecule has 2 aromatic carbocycles. The van der Waals surface area contributed by atoms with Crippen LogP contribution >= 0.6 is 0 Å². The summed E-state index contributed by atoms with van der Waals surface area (Å²) in [5, 5.41) is 0. The van der Waals surface area contributed by atoms with E-state index in [-0.39, 0.29) is 18.3 Å². The predicted molar refractivity (Wildman–Crippen MR) is 79.5 cm³/mol. The third-order valence-electron chi connectivity index (χ3n) is 3.73. The Hall–Kier alpha value is -2.63. The Labute approximate surface area is 131 Å². The van der Waals surface area contributed by atoms with Crippen LogP contribution in [0.5, 0.6) is 11.5 Å². The van der Waals surface area contributed by atoms with Crippen molar-refractivity contribution >= 4 is 5.91 Å². The van der Waals surface area contributed by atoms with Gasteiger partial charge in [0.2, 0.25) is 0 Å². The van der Waals surface area contributed by atoms with E-state index in [0.29, 0.717) is 6.61 Å². The standard InChI is InChI=1S/C17H15F2NO3/c18-12-5-6-14(16(19)15(12)17(20)21)23-9-10-7-11-3-1-2-4-13(11)22-8-10/h1-6,10H,7-9H2,(H2,20,21). The Morgan fingerprint density at radius 1 is 1.26 bits per heavy atom. The molecule has 4 nitrogen and oxygen atoms in total. The van der Waals surface area contributed by atoms with Crippen molar-refractivity contribution in [2.45, 2.75) is 6.42 Å². The molecule has 1 atom stereocenters. The quantitative estimate of drug-likeness (QED) is 0.942. The van der Waals surface area contributed by atoms with Crippen molar-refractivity contribution in [3.05, 3.63) is 59.2 Å². The minimum atomic E-state index is -1.17. The molecular formula is C17H15F2NO3. The topological polar surface area (TPSA) is 61.6 Å². The number of ether oxygens (including phenoxy) is 2. The van der Waals surface area contributed by atoms with Crippen LogP contribution in [-0.2, 0) is 6.42 Å². The normalized spacial score (nSPS) is 16.3. The SMILES string of the molecule is NC(=O)c1c(F)ccc(OCC2COc3ccccc3C2)c1F. The number of para-hydroxylation sites is 1. The van der Waals surface area contributed by atoms with Crippen molar-refractivity contribution in [3.63, 3.8) is 0 Å². The molecule has 1 heterocycles. The van der Waals surface area contributed by atoms with Gasteiger partial charge in [-0.3, -0.25) is 4.79 Å². The Bertz CT molecular complexity index is 749. The first-order valence-corrected chi connectivity index (χ1v) is 7.17. The second kappa shape index (κ2) is 6.24. The summed E-state index contributed by atoms with van der Waals surface area (Å²) in [6, 6.07) is 9.79. The van der Waals surface area contributed by atoms with E-state index in [1.54, 1.807) is 0 Å².